The normalized spacial score (nSPS) is 13.6. The van der Waals surface area contributed by atoms with Gasteiger partial charge in [-0.15, -0.1) is 0 Å². The Morgan fingerprint density at radius 1 is 1.20 bits per heavy atom. The van der Waals surface area contributed by atoms with Crippen LogP contribution >= 0.6 is 0 Å². The second-order valence-corrected chi connectivity index (χ2v) is 4.25. The number of aliphatic carboxylic acids is 2. The van der Waals surface area contributed by atoms with Crippen molar-refractivity contribution in [2.45, 2.75) is 25.0 Å². The van der Waals surface area contributed by atoms with Crippen molar-refractivity contribution in [1.82, 2.24) is 0 Å². The average molecular weight is 284 g/mol. The predicted octanol–water partition coefficient (Wildman–Crippen LogP) is 0.191. The van der Waals surface area contributed by atoms with E-state index < -0.39 is 30.6 Å². The Bertz CT molecular complexity index is 497. The fraction of sp³-hybridized carbons (Fsp3) is 0.385. The number of carboxylic acids is 2. The van der Waals surface area contributed by atoms with Crippen LogP contribution in [0.5, 0.6) is 5.75 Å². The van der Waals surface area contributed by atoms with Crippen molar-refractivity contribution in [3.63, 3.8) is 0 Å². The number of rotatable bonds is 7. The molecule has 0 spiro atoms. The largest absolute Gasteiger partial charge is 0.496 e. The Morgan fingerprint density at radius 3 is 2.35 bits per heavy atom. The minimum Gasteiger partial charge on any atom is -0.496 e. The maximum atomic E-state index is 10.7. The topological polar surface area (TPSA) is 124 Å². The Morgan fingerprint density at radius 2 is 1.85 bits per heavy atom. The molecule has 7 nitrogen and oxygen atoms in total. The summed E-state index contributed by atoms with van der Waals surface area (Å²) in [6.07, 6.45) is -3.68. The van der Waals surface area contributed by atoms with Gasteiger partial charge in [0.25, 0.3) is 0 Å². The fourth-order valence-electron chi connectivity index (χ4n) is 1.77. The Labute approximate surface area is 115 Å². The van der Waals surface area contributed by atoms with Crippen LogP contribution in [0.4, 0.5) is 0 Å². The van der Waals surface area contributed by atoms with E-state index in [0.29, 0.717) is 5.56 Å². The predicted molar refractivity (Wildman–Crippen MR) is 67.6 cm³/mol. The lowest BCUT2D eigenvalue weighted by molar-refractivity contribution is -0.141. The van der Waals surface area contributed by atoms with Gasteiger partial charge in [-0.2, -0.15) is 0 Å². The van der Waals surface area contributed by atoms with E-state index in [4.69, 9.17) is 14.9 Å². The summed E-state index contributed by atoms with van der Waals surface area (Å²) in [6, 6.07) is 4.27. The first-order valence-electron chi connectivity index (χ1n) is 5.81. The van der Waals surface area contributed by atoms with Gasteiger partial charge in [-0.25, -0.2) is 0 Å². The van der Waals surface area contributed by atoms with Crippen molar-refractivity contribution < 1.29 is 34.8 Å². The first-order valence-corrected chi connectivity index (χ1v) is 5.81. The SMILES string of the molecule is COc1cc(C(O)C(O)CC(=O)O)ccc1CC(=O)O. The van der Waals surface area contributed by atoms with Crippen molar-refractivity contribution in [3.8, 4) is 5.75 Å². The van der Waals surface area contributed by atoms with Gasteiger partial charge in [0.2, 0.25) is 0 Å². The van der Waals surface area contributed by atoms with Crippen molar-refractivity contribution in [3.05, 3.63) is 29.3 Å². The van der Waals surface area contributed by atoms with Gasteiger partial charge in [-0.05, 0) is 11.6 Å². The Balaban J connectivity index is 2.96. The van der Waals surface area contributed by atoms with Crippen LogP contribution in [0, 0.1) is 0 Å². The third kappa shape index (κ3) is 4.22. The molecule has 0 aliphatic heterocycles. The zero-order valence-electron chi connectivity index (χ0n) is 10.8. The summed E-state index contributed by atoms with van der Waals surface area (Å²) in [5.74, 6) is -2.00. The fourth-order valence-corrected chi connectivity index (χ4v) is 1.77. The van der Waals surface area contributed by atoms with Crippen LogP contribution in [-0.4, -0.2) is 45.6 Å². The molecule has 0 radical (unpaired) electrons. The molecular weight excluding hydrogens is 268 g/mol. The highest BCUT2D eigenvalue weighted by Crippen LogP contribution is 2.26. The monoisotopic (exact) mass is 284 g/mol. The van der Waals surface area contributed by atoms with Crippen molar-refractivity contribution in [2.24, 2.45) is 0 Å². The molecule has 2 unspecified atom stereocenters. The van der Waals surface area contributed by atoms with Gasteiger partial charge in [0.15, 0.2) is 0 Å². The van der Waals surface area contributed by atoms with Crippen LogP contribution in [0.25, 0.3) is 0 Å². The van der Waals surface area contributed by atoms with Gasteiger partial charge in [-0.3, -0.25) is 9.59 Å². The highest BCUT2D eigenvalue weighted by atomic mass is 16.5. The standard InChI is InChI=1S/C13H16O7/c1-20-10-4-8(3-2-7(10)5-11(15)16)13(19)9(14)6-12(17)18/h2-4,9,13-14,19H,5-6H2,1H3,(H,15,16)(H,17,18). The van der Waals surface area contributed by atoms with Gasteiger partial charge < -0.3 is 25.2 Å². The van der Waals surface area contributed by atoms with Gasteiger partial charge >= 0.3 is 11.9 Å². The van der Waals surface area contributed by atoms with Crippen molar-refractivity contribution >= 4 is 11.9 Å². The van der Waals surface area contributed by atoms with E-state index in [2.05, 4.69) is 0 Å². The second-order valence-electron chi connectivity index (χ2n) is 4.25. The van der Waals surface area contributed by atoms with E-state index in [1.54, 1.807) is 0 Å². The second kappa shape index (κ2) is 6.88. The van der Waals surface area contributed by atoms with Crippen molar-refractivity contribution in [1.29, 1.82) is 0 Å². The summed E-state index contributed by atoms with van der Waals surface area (Å²) >= 11 is 0. The number of hydrogen-bond donors (Lipinski definition) is 4. The number of carbonyl (C=O) groups is 2. The first-order chi connectivity index (χ1) is 9.35. The molecule has 110 valence electrons. The number of aliphatic hydroxyl groups is 2. The average Bonchev–Trinajstić information content (AvgIpc) is 2.36. The van der Waals surface area contributed by atoms with Crippen LogP contribution in [0.15, 0.2) is 18.2 Å². The quantitative estimate of drug-likeness (QED) is 0.563. The number of benzene rings is 1. The summed E-state index contributed by atoms with van der Waals surface area (Å²) in [6.45, 7) is 0. The molecule has 1 rings (SSSR count). The lowest BCUT2D eigenvalue weighted by Crippen LogP contribution is -2.21. The molecule has 7 heteroatoms. The molecular formula is C13H16O7. The summed E-state index contributed by atoms with van der Waals surface area (Å²) in [5.41, 5.74) is 0.674. The lowest BCUT2D eigenvalue weighted by atomic mass is 9.99. The van der Waals surface area contributed by atoms with Crippen LogP contribution < -0.4 is 4.74 Å². The molecule has 20 heavy (non-hydrogen) atoms. The van der Waals surface area contributed by atoms with E-state index in [1.807, 2.05) is 0 Å². The van der Waals surface area contributed by atoms with E-state index in [-0.39, 0.29) is 17.7 Å². The van der Waals surface area contributed by atoms with Crippen LogP contribution in [-0.2, 0) is 16.0 Å². The zero-order chi connectivity index (χ0) is 15.3. The first kappa shape index (κ1) is 15.9. The molecule has 0 saturated heterocycles. The molecule has 0 fully saturated rings. The molecule has 0 bridgehead atoms. The third-order valence-electron chi connectivity index (χ3n) is 2.74. The van der Waals surface area contributed by atoms with Crippen LogP contribution in [0.3, 0.4) is 0 Å². The molecule has 1 aromatic carbocycles. The molecule has 2 atom stereocenters. The van der Waals surface area contributed by atoms with Crippen LogP contribution in [0.2, 0.25) is 0 Å². The number of hydrogen-bond acceptors (Lipinski definition) is 5. The lowest BCUT2D eigenvalue weighted by Gasteiger charge is -2.18. The Kier molecular flexibility index (Phi) is 5.48. The summed E-state index contributed by atoms with van der Waals surface area (Å²) in [4.78, 5) is 21.2. The highest BCUT2D eigenvalue weighted by Gasteiger charge is 2.22. The third-order valence-corrected chi connectivity index (χ3v) is 2.74. The molecule has 0 aromatic heterocycles. The highest BCUT2D eigenvalue weighted by molar-refractivity contribution is 5.71. The molecule has 0 aliphatic carbocycles. The van der Waals surface area contributed by atoms with Gasteiger partial charge in [-0.1, -0.05) is 12.1 Å². The molecule has 0 saturated carbocycles. The van der Waals surface area contributed by atoms with Gasteiger partial charge in [0.1, 0.15) is 11.9 Å². The molecule has 0 heterocycles. The van der Waals surface area contributed by atoms with Gasteiger partial charge in [0.05, 0.1) is 26.1 Å². The summed E-state index contributed by atoms with van der Waals surface area (Å²) in [5, 5.41) is 36.7. The van der Waals surface area contributed by atoms with Crippen LogP contribution in [0.1, 0.15) is 23.7 Å². The van der Waals surface area contributed by atoms with E-state index in [9.17, 15) is 19.8 Å². The summed E-state index contributed by atoms with van der Waals surface area (Å²) < 4.78 is 5.03. The molecule has 1 aromatic rings. The van der Waals surface area contributed by atoms with Gasteiger partial charge in [0, 0.05) is 5.56 Å². The van der Waals surface area contributed by atoms with E-state index in [0.717, 1.165) is 0 Å². The molecule has 0 amide bonds. The van der Waals surface area contributed by atoms with Crippen molar-refractivity contribution in [2.75, 3.05) is 7.11 Å². The molecule has 0 aliphatic rings. The van der Waals surface area contributed by atoms with E-state index in [1.165, 1.54) is 25.3 Å². The number of methoxy groups -OCH3 is 1. The van der Waals surface area contributed by atoms with E-state index >= 15 is 0 Å². The maximum absolute atomic E-state index is 10.7. The Hall–Kier alpha value is -2.12. The number of carboxylic acid groups (broad SMARTS) is 2. The minimum absolute atomic E-state index is 0.239. The number of ether oxygens (including phenoxy) is 1. The smallest absolute Gasteiger partial charge is 0.307 e. The molecule has 4 N–H and O–H groups in total. The maximum Gasteiger partial charge on any atom is 0.307 e. The zero-order valence-corrected chi connectivity index (χ0v) is 10.8. The summed E-state index contributed by atoms with van der Waals surface area (Å²) in [7, 11) is 1.35. The minimum atomic E-state index is -1.46. The number of aliphatic hydroxyl groups excluding tert-OH is 2.